The van der Waals surface area contributed by atoms with Gasteiger partial charge in [0.05, 0.1) is 24.8 Å². The van der Waals surface area contributed by atoms with Gasteiger partial charge >= 0.3 is 12.1 Å². The molecule has 14 nitrogen and oxygen atoms in total. The summed E-state index contributed by atoms with van der Waals surface area (Å²) in [6.07, 6.45) is -0.510. The molecule has 0 unspecified atom stereocenters. The summed E-state index contributed by atoms with van der Waals surface area (Å²) in [5.74, 6) is 1.36. The van der Waals surface area contributed by atoms with Crippen molar-refractivity contribution in [2.45, 2.75) is 39.8 Å². The van der Waals surface area contributed by atoms with Gasteiger partial charge < -0.3 is 49.6 Å². The van der Waals surface area contributed by atoms with Gasteiger partial charge in [-0.3, -0.25) is 4.79 Å². The Bertz CT molecular complexity index is 1540. The minimum absolute atomic E-state index is 0.132. The summed E-state index contributed by atoms with van der Waals surface area (Å²) >= 11 is 0. The van der Waals surface area contributed by atoms with Gasteiger partial charge in [0.25, 0.3) is 5.91 Å². The van der Waals surface area contributed by atoms with Crippen molar-refractivity contribution in [1.82, 2.24) is 15.0 Å². The van der Waals surface area contributed by atoms with Gasteiger partial charge in [0, 0.05) is 37.0 Å². The molecule has 0 spiro atoms. The number of anilines is 3. The van der Waals surface area contributed by atoms with Crippen LogP contribution >= 0.6 is 0 Å². The average molecular weight is 609 g/mol. The third kappa shape index (κ3) is 6.49. The molecule has 14 heteroatoms. The number of likely N-dealkylation sites (N-methyl/N-ethyl adjacent to an activating group) is 1. The zero-order valence-electron chi connectivity index (χ0n) is 25.2. The molecule has 44 heavy (non-hydrogen) atoms. The molecular formula is C30H36N6O8. The fraction of sp³-hybridized carbons (Fsp3) is 0.400. The summed E-state index contributed by atoms with van der Waals surface area (Å²) in [5.41, 5.74) is 2.11. The summed E-state index contributed by atoms with van der Waals surface area (Å²) in [4.78, 5) is 42.7. The topological polar surface area (TPSA) is 168 Å². The highest BCUT2D eigenvalue weighted by Gasteiger charge is 2.34. The first kappa shape index (κ1) is 30.5. The molecule has 4 N–H and O–H groups in total. The van der Waals surface area contributed by atoms with Crippen LogP contribution < -0.4 is 30.2 Å². The van der Waals surface area contributed by atoms with Crippen molar-refractivity contribution >= 4 is 35.0 Å². The van der Waals surface area contributed by atoms with Gasteiger partial charge in [0.2, 0.25) is 6.79 Å². The molecule has 2 aliphatic heterocycles. The number of aromatic nitrogens is 1. The van der Waals surface area contributed by atoms with Crippen LogP contribution in [0.2, 0.25) is 0 Å². The van der Waals surface area contributed by atoms with Crippen molar-refractivity contribution in [2.24, 2.45) is 5.92 Å². The molecule has 5 rings (SSSR count). The first-order valence-corrected chi connectivity index (χ1v) is 14.2. The SMILES string of the molecule is Cc1noc(C)c1NC(=O)Nc1ccc2c(c1)C(=O)N([C@H](C)CO)C[C@H](C)[C@H](CN(C)C(=O)Nc1ccc3c(c1)OCO3)O2. The number of carbonyl (C=O) groups is 3. The van der Waals surface area contributed by atoms with E-state index in [4.69, 9.17) is 18.7 Å². The van der Waals surface area contributed by atoms with Crippen molar-refractivity contribution < 1.29 is 38.2 Å². The number of hydrogen-bond acceptors (Lipinski definition) is 9. The van der Waals surface area contributed by atoms with Crippen LogP contribution in [0.5, 0.6) is 17.2 Å². The van der Waals surface area contributed by atoms with E-state index in [2.05, 4.69) is 21.1 Å². The molecule has 0 radical (unpaired) electrons. The first-order valence-electron chi connectivity index (χ1n) is 14.2. The van der Waals surface area contributed by atoms with E-state index < -0.39 is 18.2 Å². The van der Waals surface area contributed by atoms with E-state index in [0.29, 0.717) is 45.8 Å². The van der Waals surface area contributed by atoms with E-state index in [0.717, 1.165) is 0 Å². The lowest BCUT2D eigenvalue weighted by molar-refractivity contribution is 0.0371. The largest absolute Gasteiger partial charge is 0.487 e. The second-order valence-electron chi connectivity index (χ2n) is 11.0. The minimum Gasteiger partial charge on any atom is -0.487 e. The number of nitrogens with zero attached hydrogens (tertiary/aromatic N) is 3. The predicted molar refractivity (Wildman–Crippen MR) is 160 cm³/mol. The maximum absolute atomic E-state index is 13.7. The van der Waals surface area contributed by atoms with Gasteiger partial charge in [-0.25, -0.2) is 9.59 Å². The summed E-state index contributed by atoms with van der Waals surface area (Å²) in [6.45, 7) is 7.44. The molecule has 0 saturated heterocycles. The Labute approximate surface area is 254 Å². The Balaban J connectivity index is 1.34. The molecule has 3 aromatic rings. The maximum Gasteiger partial charge on any atom is 0.323 e. The number of rotatable bonds is 7. The van der Waals surface area contributed by atoms with Crippen LogP contribution in [-0.2, 0) is 0 Å². The molecule has 0 fully saturated rings. The molecule has 2 aliphatic rings. The van der Waals surface area contributed by atoms with Gasteiger partial charge in [-0.15, -0.1) is 0 Å². The van der Waals surface area contributed by atoms with E-state index >= 15 is 0 Å². The fourth-order valence-corrected chi connectivity index (χ4v) is 5.00. The standard InChI is InChI=1S/C30H36N6O8/c1-16-12-36(17(2)14-37)28(38)22-10-20(31-29(39)33-27-18(3)34-44-19(27)4)6-8-23(22)43-26(16)13-35(5)30(40)32-21-7-9-24-25(11-21)42-15-41-24/h6-11,16-17,26,37H,12-15H2,1-5H3,(H,32,40)(H2,31,33,39)/t16-,17+,26-/m0/s1. The van der Waals surface area contributed by atoms with E-state index in [-0.39, 0.29) is 49.9 Å². The number of ether oxygens (including phenoxy) is 3. The van der Waals surface area contributed by atoms with Crippen molar-refractivity contribution in [3.63, 3.8) is 0 Å². The van der Waals surface area contributed by atoms with Gasteiger partial charge in [-0.2, -0.15) is 0 Å². The summed E-state index contributed by atoms with van der Waals surface area (Å²) < 4.78 is 22.2. The summed E-state index contributed by atoms with van der Waals surface area (Å²) in [6, 6.07) is 8.53. The van der Waals surface area contributed by atoms with Crippen molar-refractivity contribution in [3.8, 4) is 17.2 Å². The number of amides is 5. The lowest BCUT2D eigenvalue weighted by atomic mass is 9.99. The van der Waals surface area contributed by atoms with Crippen LogP contribution in [0, 0.1) is 19.8 Å². The Kier molecular flexibility index (Phi) is 8.81. The number of aliphatic hydroxyl groups excluding tert-OH is 1. The van der Waals surface area contributed by atoms with Crippen molar-refractivity contribution in [1.29, 1.82) is 0 Å². The second-order valence-corrected chi connectivity index (χ2v) is 11.0. The molecule has 3 atom stereocenters. The average Bonchev–Trinajstić information content (AvgIpc) is 3.60. The summed E-state index contributed by atoms with van der Waals surface area (Å²) in [5, 5.41) is 22.1. The zero-order valence-corrected chi connectivity index (χ0v) is 25.2. The van der Waals surface area contributed by atoms with Gasteiger partial charge in [0.1, 0.15) is 23.2 Å². The van der Waals surface area contributed by atoms with Crippen LogP contribution in [0.1, 0.15) is 35.7 Å². The lowest BCUT2D eigenvalue weighted by Gasteiger charge is -2.38. The monoisotopic (exact) mass is 608 g/mol. The number of fused-ring (bicyclic) bond motifs is 2. The normalized spacial score (nSPS) is 18.0. The second kappa shape index (κ2) is 12.7. The highest BCUT2D eigenvalue weighted by atomic mass is 16.7. The Morgan fingerprint density at radius 3 is 2.48 bits per heavy atom. The third-order valence-electron chi connectivity index (χ3n) is 7.62. The highest BCUT2D eigenvalue weighted by molar-refractivity contribution is 6.03. The Morgan fingerprint density at radius 1 is 1.07 bits per heavy atom. The van der Waals surface area contributed by atoms with Gasteiger partial charge in [-0.1, -0.05) is 12.1 Å². The first-order chi connectivity index (χ1) is 21.0. The van der Waals surface area contributed by atoms with E-state index in [1.54, 1.807) is 63.1 Å². The smallest absolute Gasteiger partial charge is 0.323 e. The highest BCUT2D eigenvalue weighted by Crippen LogP contribution is 2.35. The predicted octanol–water partition coefficient (Wildman–Crippen LogP) is 4.05. The molecule has 3 heterocycles. The third-order valence-corrected chi connectivity index (χ3v) is 7.62. The number of benzene rings is 2. The van der Waals surface area contributed by atoms with Crippen LogP contribution in [0.15, 0.2) is 40.9 Å². The van der Waals surface area contributed by atoms with E-state index in [9.17, 15) is 19.5 Å². The van der Waals surface area contributed by atoms with Crippen LogP contribution in [0.25, 0.3) is 0 Å². The van der Waals surface area contributed by atoms with Crippen molar-refractivity contribution in [3.05, 3.63) is 53.4 Å². The number of hydrogen-bond donors (Lipinski definition) is 4. The summed E-state index contributed by atoms with van der Waals surface area (Å²) in [7, 11) is 1.65. The number of nitrogens with one attached hydrogen (secondary N) is 3. The molecule has 0 aliphatic carbocycles. The number of urea groups is 2. The van der Waals surface area contributed by atoms with Crippen LogP contribution in [0.4, 0.5) is 26.7 Å². The van der Waals surface area contributed by atoms with Gasteiger partial charge in [0.15, 0.2) is 17.3 Å². The number of aryl methyl sites for hydroxylation is 2. The molecule has 5 amide bonds. The van der Waals surface area contributed by atoms with E-state index in [1.807, 2.05) is 6.92 Å². The zero-order chi connectivity index (χ0) is 31.5. The molecule has 0 bridgehead atoms. The maximum atomic E-state index is 13.7. The fourth-order valence-electron chi connectivity index (χ4n) is 5.00. The molecule has 2 aromatic carbocycles. The van der Waals surface area contributed by atoms with Crippen molar-refractivity contribution in [2.75, 3.05) is 49.5 Å². The molecule has 0 saturated carbocycles. The quantitative estimate of drug-likeness (QED) is 0.309. The molecule has 1 aromatic heterocycles. The number of aliphatic hydroxyl groups is 1. The molecular weight excluding hydrogens is 572 g/mol. The molecule has 234 valence electrons. The lowest BCUT2D eigenvalue weighted by Crippen LogP contribution is -2.50. The van der Waals surface area contributed by atoms with Crippen LogP contribution in [-0.4, -0.2) is 83.7 Å². The Hall–Kier alpha value is -4.98. The minimum atomic E-state index is -0.541. The van der Waals surface area contributed by atoms with Gasteiger partial charge in [-0.05, 0) is 51.1 Å². The number of carbonyl (C=O) groups excluding carboxylic acids is 3. The Morgan fingerprint density at radius 2 is 1.77 bits per heavy atom. The van der Waals surface area contributed by atoms with Crippen LogP contribution in [0.3, 0.4) is 0 Å². The van der Waals surface area contributed by atoms with E-state index in [1.165, 1.54) is 11.0 Å².